The van der Waals surface area contributed by atoms with E-state index in [9.17, 15) is 9.59 Å². The number of thioether (sulfide) groups is 1. The van der Waals surface area contributed by atoms with Crippen LogP contribution in [0.2, 0.25) is 0 Å². The second-order valence-electron chi connectivity index (χ2n) is 5.05. The highest BCUT2D eigenvalue weighted by Crippen LogP contribution is 2.33. The van der Waals surface area contributed by atoms with Gasteiger partial charge in [-0.15, -0.1) is 0 Å². The molecule has 2 N–H and O–H groups in total. The van der Waals surface area contributed by atoms with Crippen LogP contribution in [0.15, 0.2) is 0 Å². The first-order valence-electron chi connectivity index (χ1n) is 7.05. The van der Waals surface area contributed by atoms with Gasteiger partial charge in [0, 0.05) is 17.4 Å². The second kappa shape index (κ2) is 7.03. The fourth-order valence-electron chi connectivity index (χ4n) is 2.56. The molecule has 2 aliphatic heterocycles. The van der Waals surface area contributed by atoms with E-state index in [2.05, 4.69) is 10.6 Å². The topological polar surface area (TPSA) is 67.4 Å². The van der Waals surface area contributed by atoms with Crippen LogP contribution in [0.25, 0.3) is 0 Å². The number of rotatable bonds is 7. The van der Waals surface area contributed by atoms with Crippen molar-refractivity contribution in [3.63, 3.8) is 0 Å². The van der Waals surface area contributed by atoms with Crippen LogP contribution in [0.4, 0.5) is 4.79 Å². The van der Waals surface area contributed by atoms with Crippen molar-refractivity contribution in [2.24, 2.45) is 0 Å². The van der Waals surface area contributed by atoms with Crippen molar-refractivity contribution >= 4 is 23.8 Å². The molecule has 0 aliphatic carbocycles. The van der Waals surface area contributed by atoms with Crippen molar-refractivity contribution in [2.75, 3.05) is 12.4 Å². The zero-order chi connectivity index (χ0) is 13.7. The van der Waals surface area contributed by atoms with Crippen LogP contribution < -0.4 is 10.6 Å². The number of urea groups is 1. The highest BCUT2D eigenvalue weighted by atomic mass is 32.2. The molecule has 2 fully saturated rings. The molecule has 0 saturated carbocycles. The minimum Gasteiger partial charge on any atom is -0.466 e. The minimum atomic E-state index is -0.117. The monoisotopic (exact) mass is 286 g/mol. The summed E-state index contributed by atoms with van der Waals surface area (Å²) < 4.78 is 5.04. The predicted molar refractivity (Wildman–Crippen MR) is 75.2 cm³/mol. The number of hydrogen-bond donors (Lipinski definition) is 2. The summed E-state index contributed by atoms with van der Waals surface area (Å²) in [5.41, 5.74) is 0. The van der Waals surface area contributed by atoms with Crippen molar-refractivity contribution in [3.05, 3.63) is 0 Å². The quantitative estimate of drug-likeness (QED) is 0.424. The molecule has 2 rings (SSSR count). The molecule has 0 bridgehead atoms. The van der Waals surface area contributed by atoms with E-state index in [4.69, 9.17) is 4.74 Å². The molecule has 0 radical (unpaired) electrons. The van der Waals surface area contributed by atoms with Gasteiger partial charge in [-0.2, -0.15) is 11.8 Å². The first-order valence-corrected chi connectivity index (χ1v) is 8.10. The summed E-state index contributed by atoms with van der Waals surface area (Å²) in [5.74, 6) is 0.899. The molecule has 0 aromatic rings. The fourth-order valence-corrected chi connectivity index (χ4v) is 4.10. The lowest BCUT2D eigenvalue weighted by Crippen LogP contribution is -2.36. The van der Waals surface area contributed by atoms with Crippen LogP contribution in [-0.2, 0) is 9.53 Å². The third-order valence-electron chi connectivity index (χ3n) is 3.62. The average molecular weight is 286 g/mol. The van der Waals surface area contributed by atoms with Gasteiger partial charge in [0.25, 0.3) is 0 Å². The first kappa shape index (κ1) is 14.5. The Morgan fingerprint density at radius 1 is 1.37 bits per heavy atom. The SMILES string of the molecule is CCC(=O)OCCCCCC1SC[C@@H]2NC(=O)N[C@H]12. The Morgan fingerprint density at radius 3 is 3.00 bits per heavy atom. The van der Waals surface area contributed by atoms with Gasteiger partial charge in [-0.05, 0) is 12.8 Å². The third-order valence-corrected chi connectivity index (χ3v) is 5.13. The Bertz CT molecular complexity index is 338. The van der Waals surface area contributed by atoms with E-state index in [0.29, 0.717) is 30.4 Å². The van der Waals surface area contributed by atoms with Gasteiger partial charge in [-0.25, -0.2) is 4.79 Å². The molecular weight excluding hydrogens is 264 g/mol. The lowest BCUT2D eigenvalue weighted by molar-refractivity contribution is -0.143. The van der Waals surface area contributed by atoms with E-state index in [-0.39, 0.29) is 12.0 Å². The summed E-state index contributed by atoms with van der Waals surface area (Å²) in [7, 11) is 0. The Kier molecular flexibility index (Phi) is 5.36. The summed E-state index contributed by atoms with van der Waals surface area (Å²) in [6.07, 6.45) is 4.71. The lowest BCUT2D eigenvalue weighted by atomic mass is 10.0. The first-order chi connectivity index (χ1) is 9.20. The van der Waals surface area contributed by atoms with Gasteiger partial charge >= 0.3 is 12.0 Å². The predicted octanol–water partition coefficient (Wildman–Crippen LogP) is 1.67. The van der Waals surface area contributed by atoms with Crippen LogP contribution in [-0.4, -0.2) is 41.7 Å². The third kappa shape index (κ3) is 4.03. The highest BCUT2D eigenvalue weighted by Gasteiger charge is 2.42. The summed E-state index contributed by atoms with van der Waals surface area (Å²) in [6.45, 7) is 2.34. The molecule has 108 valence electrons. The number of ether oxygens (including phenoxy) is 1. The molecule has 2 heterocycles. The number of fused-ring (bicyclic) bond motifs is 1. The number of carbonyl (C=O) groups is 2. The number of hydrogen-bond acceptors (Lipinski definition) is 4. The largest absolute Gasteiger partial charge is 0.466 e. The molecule has 2 saturated heterocycles. The molecule has 19 heavy (non-hydrogen) atoms. The average Bonchev–Trinajstić information content (AvgIpc) is 2.93. The number of nitrogens with one attached hydrogen (secondary N) is 2. The van der Waals surface area contributed by atoms with Crippen LogP contribution in [0, 0.1) is 0 Å². The van der Waals surface area contributed by atoms with Crippen molar-refractivity contribution in [3.8, 4) is 0 Å². The molecule has 2 amide bonds. The number of amides is 2. The smallest absolute Gasteiger partial charge is 0.315 e. The minimum absolute atomic E-state index is 0.0215. The van der Waals surface area contributed by atoms with Crippen molar-refractivity contribution in [1.82, 2.24) is 10.6 Å². The molecule has 5 nitrogen and oxygen atoms in total. The van der Waals surface area contributed by atoms with Gasteiger partial charge in [0.2, 0.25) is 0 Å². The molecule has 3 atom stereocenters. The molecule has 1 unspecified atom stereocenters. The van der Waals surface area contributed by atoms with Gasteiger partial charge < -0.3 is 15.4 Å². The molecule has 6 heteroatoms. The summed E-state index contributed by atoms with van der Waals surface area (Å²) in [6, 6.07) is 0.593. The molecule has 0 spiro atoms. The number of esters is 1. The maximum atomic E-state index is 11.2. The summed E-state index contributed by atoms with van der Waals surface area (Å²) in [4.78, 5) is 22.2. The Morgan fingerprint density at radius 2 is 2.21 bits per heavy atom. The van der Waals surface area contributed by atoms with Gasteiger partial charge in [0.15, 0.2) is 0 Å². The van der Waals surface area contributed by atoms with E-state index in [1.807, 2.05) is 11.8 Å². The van der Waals surface area contributed by atoms with E-state index < -0.39 is 0 Å². The standard InChI is InChI=1S/C13H22N2O3S/c1-2-11(16)18-7-5-3-4-6-10-12-9(8-19-10)14-13(17)15-12/h9-10,12H,2-8H2,1H3,(H2,14,15,17)/t9-,10?,12-/m0/s1. The molecule has 2 aliphatic rings. The zero-order valence-electron chi connectivity index (χ0n) is 11.3. The number of carbonyl (C=O) groups excluding carboxylic acids is 2. The van der Waals surface area contributed by atoms with Crippen molar-refractivity contribution in [2.45, 2.75) is 56.4 Å². The normalized spacial score (nSPS) is 28.7. The van der Waals surface area contributed by atoms with Crippen LogP contribution in [0.3, 0.4) is 0 Å². The Balaban J connectivity index is 1.54. The van der Waals surface area contributed by atoms with E-state index in [1.165, 1.54) is 0 Å². The Labute approximate surface area is 118 Å². The summed E-state index contributed by atoms with van der Waals surface area (Å²) >= 11 is 1.95. The number of unbranched alkanes of at least 4 members (excludes halogenated alkanes) is 2. The molecule has 0 aromatic heterocycles. The van der Waals surface area contributed by atoms with Crippen LogP contribution in [0.5, 0.6) is 0 Å². The maximum Gasteiger partial charge on any atom is 0.315 e. The van der Waals surface area contributed by atoms with Gasteiger partial charge in [-0.3, -0.25) is 4.79 Å². The fraction of sp³-hybridized carbons (Fsp3) is 0.846. The van der Waals surface area contributed by atoms with Gasteiger partial charge in [0.1, 0.15) is 0 Å². The van der Waals surface area contributed by atoms with Crippen molar-refractivity contribution in [1.29, 1.82) is 0 Å². The maximum absolute atomic E-state index is 11.2. The highest BCUT2D eigenvalue weighted by molar-refractivity contribution is 8.00. The molecular formula is C13H22N2O3S. The van der Waals surface area contributed by atoms with Crippen LogP contribution in [0.1, 0.15) is 39.0 Å². The lowest BCUT2D eigenvalue weighted by Gasteiger charge is -2.16. The van der Waals surface area contributed by atoms with Gasteiger partial charge in [0.05, 0.1) is 18.7 Å². The van der Waals surface area contributed by atoms with E-state index in [0.717, 1.165) is 31.4 Å². The van der Waals surface area contributed by atoms with E-state index in [1.54, 1.807) is 6.92 Å². The van der Waals surface area contributed by atoms with E-state index >= 15 is 0 Å². The second-order valence-corrected chi connectivity index (χ2v) is 6.32. The van der Waals surface area contributed by atoms with Gasteiger partial charge in [-0.1, -0.05) is 19.8 Å². The summed E-state index contributed by atoms with van der Waals surface area (Å²) in [5, 5.41) is 6.48. The zero-order valence-corrected chi connectivity index (χ0v) is 12.1. The van der Waals surface area contributed by atoms with Crippen LogP contribution >= 0.6 is 11.8 Å². The van der Waals surface area contributed by atoms with Crippen molar-refractivity contribution < 1.29 is 14.3 Å². The Hall–Kier alpha value is -0.910. The molecule has 0 aromatic carbocycles.